The quantitative estimate of drug-likeness (QED) is 0.522. The lowest BCUT2D eigenvalue weighted by Crippen LogP contribution is -2.54. The van der Waals surface area contributed by atoms with E-state index in [0.717, 1.165) is 0 Å². The Balaban J connectivity index is 2.31. The van der Waals surface area contributed by atoms with Crippen LogP contribution in [0.2, 0.25) is 0 Å². The van der Waals surface area contributed by atoms with Gasteiger partial charge in [0.05, 0.1) is 5.70 Å². The van der Waals surface area contributed by atoms with Gasteiger partial charge in [-0.25, -0.2) is 0 Å². The number of hydrogen-bond acceptors (Lipinski definition) is 2. The Morgan fingerprint density at radius 1 is 0.885 bits per heavy atom. The average Bonchev–Trinajstić information content (AvgIpc) is 2.63. The molecule has 1 heterocycles. The maximum Gasteiger partial charge on any atom is 0.265 e. The Kier molecular flexibility index (Phi) is 4.72. The molecule has 2 aromatic carbocycles. The fourth-order valence-electron chi connectivity index (χ4n) is 3.12. The maximum atomic E-state index is 13.5. The summed E-state index contributed by atoms with van der Waals surface area (Å²) in [5, 5.41) is -0.0141. The number of hydrogen-bond donors (Lipinski definition) is 0. The summed E-state index contributed by atoms with van der Waals surface area (Å²) in [7, 11) is 0. The minimum Gasteiger partial charge on any atom is -0.290 e. The molecule has 0 fully saturated rings. The van der Waals surface area contributed by atoms with Crippen LogP contribution in [0.4, 0.5) is 5.69 Å². The fourth-order valence-corrected chi connectivity index (χ4v) is 3.98. The van der Waals surface area contributed by atoms with Gasteiger partial charge < -0.3 is 0 Å². The van der Waals surface area contributed by atoms with Gasteiger partial charge in [0.2, 0.25) is 10.7 Å². The topological polar surface area (TPSA) is 37.4 Å². The van der Waals surface area contributed by atoms with Crippen molar-refractivity contribution < 1.29 is 9.59 Å². The van der Waals surface area contributed by atoms with E-state index in [0.29, 0.717) is 16.9 Å². The molecule has 0 saturated carbocycles. The molecule has 0 radical (unpaired) electrons. The zero-order valence-corrected chi connectivity index (χ0v) is 16.3. The number of ketones is 1. The number of carbonyl (C=O) groups is 2. The number of Topliss-reactive ketones (excluding diaryl/α,β-unsaturated/α-hetero) is 1. The van der Waals surface area contributed by atoms with E-state index >= 15 is 0 Å². The number of rotatable bonds is 2. The number of nitrogens with zero attached hydrogens (tertiary/aromatic N) is 1. The highest BCUT2D eigenvalue weighted by Crippen LogP contribution is 2.47. The summed E-state index contributed by atoms with van der Waals surface area (Å²) in [4.78, 5) is 26.3. The molecule has 134 valence electrons. The SMILES string of the molecule is CC(C)(C)C1=C(Cl)C(=O)C(Cl)(c2ccccc2)C(=O)N1c1ccccc1. The molecular weight excluding hydrogens is 369 g/mol. The van der Waals surface area contributed by atoms with Gasteiger partial charge in [0.25, 0.3) is 5.91 Å². The third kappa shape index (κ3) is 2.85. The summed E-state index contributed by atoms with van der Waals surface area (Å²) in [5.74, 6) is -1.11. The minimum absolute atomic E-state index is 0.0141. The van der Waals surface area contributed by atoms with Gasteiger partial charge >= 0.3 is 0 Å². The van der Waals surface area contributed by atoms with Crippen molar-refractivity contribution in [2.75, 3.05) is 4.90 Å². The molecule has 3 nitrogen and oxygen atoms in total. The van der Waals surface area contributed by atoms with Crippen molar-refractivity contribution in [2.24, 2.45) is 5.41 Å². The molecule has 0 N–H and O–H groups in total. The predicted octanol–water partition coefficient (Wildman–Crippen LogP) is 5.23. The van der Waals surface area contributed by atoms with Crippen LogP contribution in [0.15, 0.2) is 71.4 Å². The molecule has 1 amide bonds. The number of amides is 1. The molecule has 5 heteroatoms. The molecule has 3 rings (SSSR count). The standard InChI is InChI=1S/C21H19Cl2NO2/c1-20(2,3)17-16(22)18(25)21(23,14-10-6-4-7-11-14)19(26)24(17)15-12-8-5-9-13-15/h4-13H,1-3H3. The fraction of sp³-hybridized carbons (Fsp3) is 0.238. The van der Waals surface area contributed by atoms with Gasteiger partial charge in [0.1, 0.15) is 5.03 Å². The van der Waals surface area contributed by atoms with Crippen LogP contribution in [0.5, 0.6) is 0 Å². The van der Waals surface area contributed by atoms with Gasteiger partial charge in [-0.15, -0.1) is 0 Å². The summed E-state index contributed by atoms with van der Waals surface area (Å²) in [6, 6.07) is 17.7. The van der Waals surface area contributed by atoms with E-state index in [4.69, 9.17) is 23.2 Å². The molecule has 26 heavy (non-hydrogen) atoms. The van der Waals surface area contributed by atoms with E-state index in [1.54, 1.807) is 42.5 Å². The highest BCUT2D eigenvalue weighted by Gasteiger charge is 2.55. The molecule has 0 saturated heterocycles. The van der Waals surface area contributed by atoms with Gasteiger partial charge in [-0.3, -0.25) is 14.5 Å². The Labute approximate surface area is 163 Å². The Morgan fingerprint density at radius 2 is 1.38 bits per heavy atom. The van der Waals surface area contributed by atoms with E-state index in [1.807, 2.05) is 39.0 Å². The van der Waals surface area contributed by atoms with Gasteiger partial charge in [-0.1, -0.05) is 92.5 Å². The molecule has 0 aromatic heterocycles. The van der Waals surface area contributed by atoms with E-state index in [2.05, 4.69) is 0 Å². The molecule has 0 bridgehead atoms. The Morgan fingerprint density at radius 3 is 1.88 bits per heavy atom. The van der Waals surface area contributed by atoms with E-state index in [9.17, 15) is 9.59 Å². The molecule has 1 atom stereocenters. The van der Waals surface area contributed by atoms with Crippen molar-refractivity contribution >= 4 is 40.6 Å². The van der Waals surface area contributed by atoms with Crippen molar-refractivity contribution in [3.05, 3.63) is 77.0 Å². The number of alkyl halides is 1. The van der Waals surface area contributed by atoms with Gasteiger partial charge in [-0.2, -0.15) is 0 Å². The first-order valence-corrected chi connectivity index (χ1v) is 9.03. The number of benzene rings is 2. The molecular formula is C21H19Cl2NO2. The lowest BCUT2D eigenvalue weighted by atomic mass is 9.81. The summed E-state index contributed by atoms with van der Waals surface area (Å²) >= 11 is 13.2. The Hall–Kier alpha value is -2.10. The smallest absolute Gasteiger partial charge is 0.265 e. The molecule has 1 aliphatic rings. The highest BCUT2D eigenvalue weighted by molar-refractivity contribution is 6.58. The van der Waals surface area contributed by atoms with E-state index in [1.165, 1.54) is 4.90 Å². The first-order chi connectivity index (χ1) is 12.2. The van der Waals surface area contributed by atoms with E-state index in [-0.39, 0.29) is 5.03 Å². The lowest BCUT2D eigenvalue weighted by Gasteiger charge is -2.42. The van der Waals surface area contributed by atoms with Crippen LogP contribution >= 0.6 is 23.2 Å². The third-order valence-electron chi connectivity index (χ3n) is 4.34. The number of para-hydroxylation sites is 1. The highest BCUT2D eigenvalue weighted by atomic mass is 35.5. The molecule has 1 aliphatic heterocycles. The lowest BCUT2D eigenvalue weighted by molar-refractivity contribution is -0.129. The van der Waals surface area contributed by atoms with Crippen molar-refractivity contribution in [3.8, 4) is 0 Å². The maximum absolute atomic E-state index is 13.5. The number of halogens is 2. The van der Waals surface area contributed by atoms with E-state index < -0.39 is 22.0 Å². The molecule has 1 unspecified atom stereocenters. The summed E-state index contributed by atoms with van der Waals surface area (Å²) in [6.45, 7) is 5.72. The third-order valence-corrected chi connectivity index (χ3v) is 5.24. The van der Waals surface area contributed by atoms with Crippen LogP contribution in [0.3, 0.4) is 0 Å². The van der Waals surface area contributed by atoms with Gasteiger partial charge in [0.15, 0.2) is 0 Å². The van der Waals surface area contributed by atoms with Crippen LogP contribution in [-0.2, 0) is 14.5 Å². The average molecular weight is 388 g/mol. The summed E-state index contributed by atoms with van der Waals surface area (Å²) < 4.78 is 0. The second kappa shape index (κ2) is 6.57. The predicted molar refractivity (Wildman–Crippen MR) is 105 cm³/mol. The zero-order valence-electron chi connectivity index (χ0n) is 14.8. The second-order valence-corrected chi connectivity index (χ2v) is 8.19. The summed E-state index contributed by atoms with van der Waals surface area (Å²) in [6.07, 6.45) is 0. The summed E-state index contributed by atoms with van der Waals surface area (Å²) in [5.41, 5.74) is 0.943. The van der Waals surface area contributed by atoms with Crippen molar-refractivity contribution in [2.45, 2.75) is 25.6 Å². The monoisotopic (exact) mass is 387 g/mol. The van der Waals surface area contributed by atoms with Crippen LogP contribution in [0.1, 0.15) is 26.3 Å². The Bertz CT molecular complexity index is 885. The molecule has 2 aromatic rings. The molecule has 0 aliphatic carbocycles. The molecule has 0 spiro atoms. The van der Waals surface area contributed by atoms with Crippen LogP contribution in [0.25, 0.3) is 0 Å². The number of carbonyl (C=O) groups excluding carboxylic acids is 2. The van der Waals surface area contributed by atoms with Gasteiger partial charge in [0, 0.05) is 11.1 Å². The largest absolute Gasteiger partial charge is 0.290 e. The van der Waals surface area contributed by atoms with Crippen molar-refractivity contribution in [1.29, 1.82) is 0 Å². The van der Waals surface area contributed by atoms with Crippen molar-refractivity contribution in [3.63, 3.8) is 0 Å². The second-order valence-electron chi connectivity index (χ2n) is 7.24. The zero-order chi connectivity index (χ0) is 19.1. The number of anilines is 1. The number of allylic oxidation sites excluding steroid dienone is 2. The minimum atomic E-state index is -1.89. The van der Waals surface area contributed by atoms with Gasteiger partial charge in [-0.05, 0) is 17.7 Å². The van der Waals surface area contributed by atoms with Crippen LogP contribution < -0.4 is 4.90 Å². The van der Waals surface area contributed by atoms with Crippen LogP contribution in [-0.4, -0.2) is 11.7 Å². The first-order valence-electron chi connectivity index (χ1n) is 8.28. The van der Waals surface area contributed by atoms with Crippen LogP contribution in [0, 0.1) is 5.41 Å². The van der Waals surface area contributed by atoms with Crippen molar-refractivity contribution in [1.82, 2.24) is 0 Å². The normalized spacial score (nSPS) is 21.3. The first kappa shape index (κ1) is 18.7.